The number of hydrogen-bond acceptors (Lipinski definition) is 6. The fourth-order valence-electron chi connectivity index (χ4n) is 5.51. The van der Waals surface area contributed by atoms with Gasteiger partial charge in [-0.2, -0.15) is 13.2 Å². The van der Waals surface area contributed by atoms with Gasteiger partial charge in [-0.3, -0.25) is 9.69 Å². The lowest BCUT2D eigenvalue weighted by atomic mass is 9.76. The summed E-state index contributed by atoms with van der Waals surface area (Å²) in [6.07, 6.45) is -2.33. The van der Waals surface area contributed by atoms with Crippen LogP contribution in [0.1, 0.15) is 102 Å². The van der Waals surface area contributed by atoms with Gasteiger partial charge in [0.1, 0.15) is 17.0 Å². The first-order valence-corrected chi connectivity index (χ1v) is 16.4. The second-order valence-electron chi connectivity index (χ2n) is 13.5. The van der Waals surface area contributed by atoms with Crippen LogP contribution < -0.4 is 21.1 Å². The lowest BCUT2D eigenvalue weighted by Crippen LogP contribution is -2.37. The van der Waals surface area contributed by atoms with Crippen LogP contribution in [0.25, 0.3) is 11.1 Å². The maximum atomic E-state index is 14.1. The van der Waals surface area contributed by atoms with Gasteiger partial charge in [-0.1, -0.05) is 67.0 Å². The Morgan fingerprint density at radius 1 is 0.939 bits per heavy atom. The number of hydrogen-bond donors (Lipinski definition) is 2. The van der Waals surface area contributed by atoms with E-state index >= 15 is 0 Å². The van der Waals surface area contributed by atoms with Crippen molar-refractivity contribution >= 4 is 34.4 Å². The lowest BCUT2D eigenvalue weighted by Gasteiger charge is -2.31. The van der Waals surface area contributed by atoms with Crippen LogP contribution in [0.4, 0.5) is 29.3 Å². The van der Waals surface area contributed by atoms with Crippen LogP contribution in [0.3, 0.4) is 0 Å². The number of aromatic nitrogens is 1. The summed E-state index contributed by atoms with van der Waals surface area (Å²) < 4.78 is 52.0. The molecule has 1 atom stereocenters. The Kier molecular flexibility index (Phi) is 10.6. The van der Waals surface area contributed by atoms with Gasteiger partial charge in [-0.25, -0.2) is 14.2 Å². The molecule has 0 aliphatic heterocycles. The van der Waals surface area contributed by atoms with E-state index in [-0.39, 0.29) is 39.7 Å². The topological polar surface area (TPSA) is 128 Å². The number of phenols is 1. The van der Waals surface area contributed by atoms with E-state index in [1.807, 2.05) is 19.1 Å². The first kappa shape index (κ1) is 37.1. The van der Waals surface area contributed by atoms with Crippen molar-refractivity contribution in [2.75, 3.05) is 4.90 Å². The van der Waals surface area contributed by atoms with E-state index < -0.39 is 41.3 Å². The van der Waals surface area contributed by atoms with E-state index in [0.29, 0.717) is 12.2 Å². The highest BCUT2D eigenvalue weighted by Crippen LogP contribution is 2.40. The molecule has 1 aromatic heterocycles. The van der Waals surface area contributed by atoms with E-state index in [0.717, 1.165) is 76.3 Å². The number of unbranched alkanes of at least 4 members (excludes halogenated alkanes) is 1. The summed E-state index contributed by atoms with van der Waals surface area (Å²) in [5, 5.41) is 11.0. The molecule has 1 unspecified atom stereocenters. The van der Waals surface area contributed by atoms with Crippen LogP contribution >= 0.6 is 0 Å². The fraction of sp³-hybridized carbons (Fsp3) is 0.432. The van der Waals surface area contributed by atoms with Crippen molar-refractivity contribution < 1.29 is 37.0 Å². The van der Waals surface area contributed by atoms with Crippen LogP contribution in [-0.4, -0.2) is 27.7 Å². The minimum Gasteiger partial charge on any atom is -0.506 e. The minimum atomic E-state index is -4.61. The molecule has 3 aromatic carbocycles. The van der Waals surface area contributed by atoms with Gasteiger partial charge in [0.25, 0.3) is 5.91 Å². The second-order valence-corrected chi connectivity index (χ2v) is 13.5. The number of urea groups is 1. The third kappa shape index (κ3) is 7.63. The number of rotatable bonds is 12. The number of benzene rings is 3. The zero-order valence-electron chi connectivity index (χ0n) is 28.9. The number of carbonyl (C=O) groups excluding carboxylic acids is 2. The summed E-state index contributed by atoms with van der Waals surface area (Å²) in [6, 6.07) is 10.6. The molecule has 12 heteroatoms. The van der Waals surface area contributed by atoms with Crippen LogP contribution in [0.15, 0.2) is 63.8 Å². The number of aromatic hydroxyl groups is 1. The lowest BCUT2D eigenvalue weighted by molar-refractivity contribution is -0.137. The van der Waals surface area contributed by atoms with Crippen molar-refractivity contribution in [2.24, 2.45) is 5.73 Å². The minimum absolute atomic E-state index is 0.0832. The molecule has 9 nitrogen and oxygen atoms in total. The first-order chi connectivity index (χ1) is 22.9. The number of halogens is 3. The van der Waals surface area contributed by atoms with Crippen LogP contribution in [0.5, 0.6) is 11.5 Å². The van der Waals surface area contributed by atoms with Gasteiger partial charge in [-0.15, -0.1) is 0 Å². The molecule has 264 valence electrons. The average Bonchev–Trinajstić information content (AvgIpc) is 3.36. The van der Waals surface area contributed by atoms with Crippen LogP contribution in [-0.2, 0) is 17.0 Å². The van der Waals surface area contributed by atoms with Crippen molar-refractivity contribution in [3.05, 3.63) is 81.8 Å². The van der Waals surface area contributed by atoms with Gasteiger partial charge in [0.2, 0.25) is 0 Å². The Balaban J connectivity index is 1.79. The smallest absolute Gasteiger partial charge is 0.427 e. The number of nitrogens with zero attached hydrogens (tertiary/aromatic N) is 2. The summed E-state index contributed by atoms with van der Waals surface area (Å²) in [6.45, 7) is 14.7. The predicted octanol–water partition coefficient (Wildman–Crippen LogP) is 9.19. The number of nitrogens with two attached hydrogens (primary N) is 1. The number of alkyl halides is 3. The highest BCUT2D eigenvalue weighted by atomic mass is 19.4. The third-order valence-corrected chi connectivity index (χ3v) is 9.43. The molecule has 4 aromatic rings. The summed E-state index contributed by atoms with van der Waals surface area (Å²) in [5.74, 6) is -1.81. The SMILES string of the molecule is CCCCC(Oc1ccc(C(C)(C)CC)cc1C(C)(C)CC)C(=O)n1c(=O)oc2cc(N(C(N)=O)c3ccc(C(F)(F)F)cc3)c(O)cc21. The van der Waals surface area contributed by atoms with Crippen molar-refractivity contribution in [3.63, 3.8) is 0 Å². The molecule has 0 aliphatic carbocycles. The van der Waals surface area contributed by atoms with Gasteiger partial charge in [-0.05, 0) is 72.4 Å². The van der Waals surface area contributed by atoms with Gasteiger partial charge in [0, 0.05) is 17.7 Å². The second kappa shape index (κ2) is 14.0. The summed E-state index contributed by atoms with van der Waals surface area (Å²) in [4.78, 5) is 40.6. The third-order valence-electron chi connectivity index (χ3n) is 9.43. The molecule has 2 amide bonds. The fourth-order valence-corrected chi connectivity index (χ4v) is 5.51. The molecule has 0 saturated heterocycles. The van der Waals surface area contributed by atoms with Gasteiger partial charge in [0.15, 0.2) is 11.7 Å². The number of oxazole rings is 1. The number of phenolic OH excluding ortho intramolecular Hbond substituents is 1. The predicted molar refractivity (Wildman–Crippen MR) is 183 cm³/mol. The van der Waals surface area contributed by atoms with Crippen molar-refractivity contribution in [3.8, 4) is 11.5 Å². The monoisotopic (exact) mass is 683 g/mol. The molecule has 0 spiro atoms. The van der Waals surface area contributed by atoms with Crippen molar-refractivity contribution in [1.29, 1.82) is 0 Å². The first-order valence-electron chi connectivity index (χ1n) is 16.4. The number of carbonyl (C=O) groups is 2. The number of amides is 2. The molecular formula is C37H44F3N3O6. The molecule has 1 heterocycles. The van der Waals surface area contributed by atoms with Crippen LogP contribution in [0.2, 0.25) is 0 Å². The quantitative estimate of drug-likeness (QED) is 0.153. The highest BCUT2D eigenvalue weighted by molar-refractivity contribution is 6.02. The Bertz CT molecular complexity index is 1890. The summed E-state index contributed by atoms with van der Waals surface area (Å²) >= 11 is 0. The van der Waals surface area contributed by atoms with E-state index in [1.54, 1.807) is 0 Å². The number of primary amides is 1. The normalized spacial score (nSPS) is 13.0. The number of anilines is 2. The van der Waals surface area contributed by atoms with Gasteiger partial charge >= 0.3 is 18.0 Å². The summed E-state index contributed by atoms with van der Waals surface area (Å²) in [5.41, 5.74) is 5.68. The Labute approximate surface area is 283 Å². The Morgan fingerprint density at radius 3 is 2.10 bits per heavy atom. The average molecular weight is 684 g/mol. The van der Waals surface area contributed by atoms with Crippen molar-refractivity contribution in [1.82, 2.24) is 4.57 Å². The maximum Gasteiger partial charge on any atom is 0.427 e. The Hall–Kier alpha value is -4.74. The molecule has 49 heavy (non-hydrogen) atoms. The van der Waals surface area contributed by atoms with Crippen LogP contribution in [0, 0.1) is 0 Å². The zero-order valence-corrected chi connectivity index (χ0v) is 28.9. The highest BCUT2D eigenvalue weighted by Gasteiger charge is 2.33. The van der Waals surface area contributed by atoms with Crippen molar-refractivity contribution in [2.45, 2.75) is 104 Å². The standard InChI is InChI=1S/C37H44F3N3O6/c1-8-11-12-30(48-29-18-15-23(35(4,5)9-2)19-25(29)36(6,7)10-3)32(45)43-27-20-28(44)26(21-31(27)49-34(43)47)42(33(41)46)24-16-13-22(14-17-24)37(38,39)40/h13-21,30,44H,8-12H2,1-7H3,(H2,41,46). The summed E-state index contributed by atoms with van der Waals surface area (Å²) in [7, 11) is 0. The maximum absolute atomic E-state index is 14.1. The molecule has 4 rings (SSSR count). The molecular weight excluding hydrogens is 639 g/mol. The van der Waals surface area contributed by atoms with E-state index in [2.05, 4.69) is 47.6 Å². The molecule has 0 aliphatic rings. The zero-order chi connectivity index (χ0) is 36.5. The largest absolute Gasteiger partial charge is 0.506 e. The molecule has 0 fully saturated rings. The van der Waals surface area contributed by atoms with E-state index in [9.17, 15) is 32.7 Å². The van der Waals surface area contributed by atoms with Gasteiger partial charge < -0.3 is 20.0 Å². The molecule has 0 bridgehead atoms. The van der Waals surface area contributed by atoms with E-state index in [1.165, 1.54) is 0 Å². The number of ether oxygens (including phenoxy) is 1. The number of fused-ring (bicyclic) bond motifs is 1. The molecule has 0 radical (unpaired) electrons. The van der Waals surface area contributed by atoms with Gasteiger partial charge in [0.05, 0.1) is 16.9 Å². The molecule has 0 saturated carbocycles. The Morgan fingerprint density at radius 2 is 1.55 bits per heavy atom. The molecule has 3 N–H and O–H groups in total. The van der Waals surface area contributed by atoms with E-state index in [4.69, 9.17) is 14.9 Å².